The van der Waals surface area contributed by atoms with E-state index in [1.807, 2.05) is 37.3 Å². The number of nitrogens with two attached hydrogens (primary N) is 1. The summed E-state index contributed by atoms with van der Waals surface area (Å²) in [6.07, 6.45) is 4.84. The van der Waals surface area contributed by atoms with Gasteiger partial charge in [-0.05, 0) is 25.3 Å². The van der Waals surface area contributed by atoms with Crippen molar-refractivity contribution >= 4 is 17.4 Å². The fraction of sp³-hybridized carbons (Fsp3) is 0.450. The van der Waals surface area contributed by atoms with Gasteiger partial charge in [0, 0.05) is 12.5 Å². The van der Waals surface area contributed by atoms with Crippen molar-refractivity contribution in [2.75, 3.05) is 17.2 Å². The monoisotopic (exact) mass is 370 g/mol. The number of nitrogen functional groups attached to an aromatic ring is 1. The second-order valence-electron chi connectivity index (χ2n) is 6.98. The van der Waals surface area contributed by atoms with E-state index < -0.39 is 11.2 Å². The lowest BCUT2D eigenvalue weighted by Crippen LogP contribution is -2.43. The van der Waals surface area contributed by atoms with Crippen LogP contribution in [0.25, 0.3) is 0 Å². The summed E-state index contributed by atoms with van der Waals surface area (Å²) in [6.45, 7) is 2.36. The molecule has 1 aliphatic carbocycles. The van der Waals surface area contributed by atoms with Gasteiger partial charge in [-0.3, -0.25) is 19.1 Å². The summed E-state index contributed by atoms with van der Waals surface area (Å²) in [5.74, 6) is -0.148. The zero-order valence-corrected chi connectivity index (χ0v) is 15.6. The van der Waals surface area contributed by atoms with E-state index in [0.29, 0.717) is 6.54 Å². The molecule has 0 aliphatic heterocycles. The minimum absolute atomic E-state index is 0.0265. The first-order chi connectivity index (χ1) is 13.0. The number of aromatic nitrogens is 2. The molecule has 1 aliphatic rings. The van der Waals surface area contributed by atoms with Gasteiger partial charge in [0.05, 0.1) is 6.54 Å². The standard InChI is InChI=1S/C20H26N4O3/c1-2-23(19(26)15-11-7-4-8-12-15)16-17(21)24(20(27)22-18(16)25)13-14-9-5-3-6-10-14/h3,5-6,9-10,15H,2,4,7-8,11-13,21H2,1H3,(H,22,25,27). The summed E-state index contributed by atoms with van der Waals surface area (Å²) < 4.78 is 1.31. The Morgan fingerprint density at radius 2 is 1.85 bits per heavy atom. The van der Waals surface area contributed by atoms with Crippen molar-refractivity contribution in [3.8, 4) is 0 Å². The van der Waals surface area contributed by atoms with Crippen LogP contribution in [0.1, 0.15) is 44.6 Å². The molecule has 0 spiro atoms. The summed E-state index contributed by atoms with van der Waals surface area (Å²) >= 11 is 0. The van der Waals surface area contributed by atoms with E-state index >= 15 is 0 Å². The first-order valence-corrected chi connectivity index (χ1v) is 9.50. The van der Waals surface area contributed by atoms with E-state index in [1.54, 1.807) is 0 Å². The molecule has 1 aromatic heterocycles. The van der Waals surface area contributed by atoms with E-state index in [9.17, 15) is 14.4 Å². The van der Waals surface area contributed by atoms with Gasteiger partial charge in [0.25, 0.3) is 5.56 Å². The molecule has 1 amide bonds. The van der Waals surface area contributed by atoms with Crippen LogP contribution < -0.4 is 21.9 Å². The molecule has 7 nitrogen and oxygen atoms in total. The highest BCUT2D eigenvalue weighted by atomic mass is 16.2. The highest BCUT2D eigenvalue weighted by molar-refractivity contribution is 5.97. The first-order valence-electron chi connectivity index (χ1n) is 9.50. The lowest BCUT2D eigenvalue weighted by molar-refractivity contribution is -0.123. The van der Waals surface area contributed by atoms with Gasteiger partial charge in [-0.15, -0.1) is 0 Å². The Morgan fingerprint density at radius 1 is 1.19 bits per heavy atom. The average Bonchev–Trinajstić information content (AvgIpc) is 2.69. The van der Waals surface area contributed by atoms with Gasteiger partial charge in [0.1, 0.15) is 5.82 Å². The minimum Gasteiger partial charge on any atom is -0.383 e. The van der Waals surface area contributed by atoms with Crippen molar-refractivity contribution in [1.82, 2.24) is 9.55 Å². The Hall–Kier alpha value is -2.83. The highest BCUT2D eigenvalue weighted by Gasteiger charge is 2.29. The van der Waals surface area contributed by atoms with Crippen LogP contribution in [-0.2, 0) is 11.3 Å². The number of anilines is 2. The summed E-state index contributed by atoms with van der Waals surface area (Å²) in [4.78, 5) is 41.6. The van der Waals surface area contributed by atoms with Gasteiger partial charge in [0.15, 0.2) is 5.69 Å². The van der Waals surface area contributed by atoms with Crippen molar-refractivity contribution in [3.63, 3.8) is 0 Å². The maximum absolute atomic E-state index is 13.0. The number of nitrogens with zero attached hydrogens (tertiary/aromatic N) is 2. The lowest BCUT2D eigenvalue weighted by Gasteiger charge is -2.29. The number of benzene rings is 1. The molecule has 0 unspecified atom stereocenters. The van der Waals surface area contributed by atoms with Gasteiger partial charge in [-0.25, -0.2) is 4.79 Å². The van der Waals surface area contributed by atoms with Crippen LogP contribution in [0.5, 0.6) is 0 Å². The van der Waals surface area contributed by atoms with Crippen molar-refractivity contribution < 1.29 is 4.79 Å². The Labute approximate surface area is 157 Å². The third kappa shape index (κ3) is 3.97. The van der Waals surface area contributed by atoms with E-state index in [2.05, 4.69) is 4.98 Å². The van der Waals surface area contributed by atoms with Crippen LogP contribution in [-0.4, -0.2) is 22.0 Å². The number of rotatable bonds is 5. The van der Waals surface area contributed by atoms with Crippen LogP contribution >= 0.6 is 0 Å². The molecule has 1 saturated carbocycles. The molecule has 0 atom stereocenters. The number of carbonyl (C=O) groups is 1. The molecule has 27 heavy (non-hydrogen) atoms. The predicted molar refractivity (Wildman–Crippen MR) is 106 cm³/mol. The van der Waals surface area contributed by atoms with Crippen molar-refractivity contribution in [3.05, 3.63) is 56.7 Å². The van der Waals surface area contributed by atoms with E-state index in [4.69, 9.17) is 5.73 Å². The number of hydrogen-bond acceptors (Lipinski definition) is 4. The molecule has 3 N–H and O–H groups in total. The van der Waals surface area contributed by atoms with Crippen molar-refractivity contribution in [2.24, 2.45) is 5.92 Å². The zero-order valence-electron chi connectivity index (χ0n) is 15.6. The fourth-order valence-corrected chi connectivity index (χ4v) is 3.76. The molecule has 0 radical (unpaired) electrons. The van der Waals surface area contributed by atoms with Gasteiger partial charge in [-0.1, -0.05) is 49.6 Å². The minimum atomic E-state index is -0.618. The number of H-pyrrole nitrogens is 1. The number of nitrogens with one attached hydrogen (secondary N) is 1. The van der Waals surface area contributed by atoms with Crippen molar-refractivity contribution in [2.45, 2.75) is 45.6 Å². The van der Waals surface area contributed by atoms with Crippen molar-refractivity contribution in [1.29, 1.82) is 0 Å². The second kappa shape index (κ2) is 8.24. The molecule has 7 heteroatoms. The molecule has 1 aromatic carbocycles. The summed E-state index contributed by atoms with van der Waals surface area (Å²) in [5, 5.41) is 0. The zero-order chi connectivity index (χ0) is 19.4. The predicted octanol–water partition coefficient (Wildman–Crippen LogP) is 2.10. The molecule has 1 fully saturated rings. The maximum atomic E-state index is 13.0. The first kappa shape index (κ1) is 18.9. The van der Waals surface area contributed by atoms with Gasteiger partial charge < -0.3 is 10.6 Å². The summed E-state index contributed by atoms with van der Waals surface area (Å²) in [5.41, 5.74) is 5.98. The van der Waals surface area contributed by atoms with Crippen LogP contribution in [0.15, 0.2) is 39.9 Å². The molecule has 0 saturated heterocycles. The molecule has 1 heterocycles. The molecule has 2 aromatic rings. The SMILES string of the molecule is CCN(C(=O)C1CCCCC1)c1c(N)n(Cc2ccccc2)c(=O)[nH]c1=O. The normalized spacial score (nSPS) is 14.9. The van der Waals surface area contributed by atoms with Crippen LogP contribution in [0, 0.1) is 5.92 Å². The van der Waals surface area contributed by atoms with Gasteiger partial charge in [0.2, 0.25) is 5.91 Å². The topological polar surface area (TPSA) is 101 Å². The number of hydrogen-bond donors (Lipinski definition) is 2. The third-order valence-corrected chi connectivity index (χ3v) is 5.20. The van der Waals surface area contributed by atoms with Gasteiger partial charge >= 0.3 is 5.69 Å². The smallest absolute Gasteiger partial charge is 0.330 e. The molecular weight excluding hydrogens is 344 g/mol. The average molecular weight is 370 g/mol. The second-order valence-corrected chi connectivity index (χ2v) is 6.98. The number of aromatic amines is 1. The fourth-order valence-electron chi connectivity index (χ4n) is 3.76. The molecule has 0 bridgehead atoms. The molecule has 144 valence electrons. The quantitative estimate of drug-likeness (QED) is 0.841. The summed E-state index contributed by atoms with van der Waals surface area (Å²) in [7, 11) is 0. The summed E-state index contributed by atoms with van der Waals surface area (Å²) in [6, 6.07) is 9.38. The Kier molecular flexibility index (Phi) is 5.78. The Bertz CT molecular complexity index is 911. The number of carbonyl (C=O) groups excluding carboxylic acids is 1. The molecular formula is C20H26N4O3. The number of amides is 1. The van der Waals surface area contributed by atoms with Crippen LogP contribution in [0.3, 0.4) is 0 Å². The van der Waals surface area contributed by atoms with Crippen LogP contribution in [0.4, 0.5) is 11.5 Å². The highest BCUT2D eigenvalue weighted by Crippen LogP contribution is 2.28. The van der Waals surface area contributed by atoms with E-state index in [1.165, 1.54) is 9.47 Å². The maximum Gasteiger partial charge on any atom is 0.330 e. The Morgan fingerprint density at radius 3 is 2.48 bits per heavy atom. The molecule has 3 rings (SSSR count). The Balaban J connectivity index is 2.00. The van der Waals surface area contributed by atoms with E-state index in [-0.39, 0.29) is 29.9 Å². The van der Waals surface area contributed by atoms with E-state index in [0.717, 1.165) is 37.7 Å². The lowest BCUT2D eigenvalue weighted by atomic mass is 9.88. The largest absolute Gasteiger partial charge is 0.383 e. The van der Waals surface area contributed by atoms with Crippen LogP contribution in [0.2, 0.25) is 0 Å². The third-order valence-electron chi connectivity index (χ3n) is 5.20. The van der Waals surface area contributed by atoms with Gasteiger partial charge in [-0.2, -0.15) is 0 Å².